The Morgan fingerprint density at radius 3 is 2.43 bits per heavy atom. The van der Waals surface area contributed by atoms with Gasteiger partial charge in [-0.3, -0.25) is 0 Å². The van der Waals surface area contributed by atoms with Crippen LogP contribution < -0.4 is 16.4 Å². The van der Waals surface area contributed by atoms with Crippen molar-refractivity contribution in [3.05, 3.63) is 59.4 Å². The summed E-state index contributed by atoms with van der Waals surface area (Å²) in [6.07, 6.45) is 0. The zero-order valence-corrected chi connectivity index (χ0v) is 10.8. The van der Waals surface area contributed by atoms with Crippen LogP contribution in [0.4, 0.5) is 29.3 Å². The monoisotopic (exact) mass is 295 g/mol. The van der Waals surface area contributed by atoms with Crippen LogP contribution in [0.25, 0.3) is 0 Å². The van der Waals surface area contributed by atoms with Gasteiger partial charge in [0.1, 0.15) is 5.82 Å². The number of anilines is 2. The summed E-state index contributed by atoms with van der Waals surface area (Å²) in [6.45, 7) is 0.301. The van der Waals surface area contributed by atoms with Gasteiger partial charge in [-0.05, 0) is 17.7 Å². The standard InChI is InChI=1S/C14H12F3N3O/c15-10-5-12(17)13(6-11(10)16)20-14(21)19-9-3-1-2-8(4-9)7-18/h1-6H,7,18H2,(H2,19,20,21). The van der Waals surface area contributed by atoms with E-state index in [1.165, 1.54) is 0 Å². The van der Waals surface area contributed by atoms with Crippen LogP contribution in [0.1, 0.15) is 5.56 Å². The molecule has 0 bridgehead atoms. The summed E-state index contributed by atoms with van der Waals surface area (Å²) < 4.78 is 39.2. The average Bonchev–Trinajstić information content (AvgIpc) is 2.45. The number of hydrogen-bond donors (Lipinski definition) is 3. The SMILES string of the molecule is NCc1cccc(NC(=O)Nc2cc(F)c(F)cc2F)c1. The molecule has 2 rings (SSSR count). The molecule has 110 valence electrons. The maximum atomic E-state index is 13.4. The molecule has 4 nitrogen and oxygen atoms in total. The first-order valence-corrected chi connectivity index (χ1v) is 6.01. The topological polar surface area (TPSA) is 67.1 Å². The number of carbonyl (C=O) groups excluding carboxylic acids is 1. The van der Waals surface area contributed by atoms with Gasteiger partial charge >= 0.3 is 6.03 Å². The number of urea groups is 1. The van der Waals surface area contributed by atoms with Gasteiger partial charge in [-0.25, -0.2) is 18.0 Å². The van der Waals surface area contributed by atoms with Gasteiger partial charge in [-0.15, -0.1) is 0 Å². The molecule has 0 spiro atoms. The Balaban J connectivity index is 2.09. The third-order valence-electron chi connectivity index (χ3n) is 2.68. The molecule has 0 radical (unpaired) electrons. The second kappa shape index (κ2) is 6.27. The van der Waals surface area contributed by atoms with Crippen molar-refractivity contribution >= 4 is 17.4 Å². The van der Waals surface area contributed by atoms with Gasteiger partial charge in [0.05, 0.1) is 5.69 Å². The minimum atomic E-state index is -1.32. The molecule has 0 aromatic heterocycles. The average molecular weight is 295 g/mol. The second-order valence-corrected chi connectivity index (χ2v) is 4.23. The van der Waals surface area contributed by atoms with E-state index in [1.54, 1.807) is 24.3 Å². The first-order valence-electron chi connectivity index (χ1n) is 6.01. The number of benzene rings is 2. The van der Waals surface area contributed by atoms with Crippen LogP contribution >= 0.6 is 0 Å². The number of carbonyl (C=O) groups is 1. The minimum Gasteiger partial charge on any atom is -0.326 e. The van der Waals surface area contributed by atoms with Gasteiger partial charge in [-0.2, -0.15) is 0 Å². The van der Waals surface area contributed by atoms with Crippen LogP contribution in [0.2, 0.25) is 0 Å². The van der Waals surface area contributed by atoms with Gasteiger partial charge < -0.3 is 16.4 Å². The zero-order chi connectivity index (χ0) is 15.4. The van der Waals surface area contributed by atoms with E-state index in [4.69, 9.17) is 5.73 Å². The molecule has 0 heterocycles. The van der Waals surface area contributed by atoms with Gasteiger partial charge in [0.2, 0.25) is 0 Å². The summed E-state index contributed by atoms with van der Waals surface area (Å²) in [6, 6.07) is 6.87. The molecule has 0 aliphatic carbocycles. The van der Waals surface area contributed by atoms with Crippen molar-refractivity contribution in [2.45, 2.75) is 6.54 Å². The first-order chi connectivity index (χ1) is 9.99. The summed E-state index contributed by atoms with van der Waals surface area (Å²) in [5.41, 5.74) is 6.25. The molecule has 0 atom stereocenters. The fraction of sp³-hybridized carbons (Fsp3) is 0.0714. The normalized spacial score (nSPS) is 10.3. The van der Waals surface area contributed by atoms with Crippen LogP contribution in [0.5, 0.6) is 0 Å². The van der Waals surface area contributed by atoms with Gasteiger partial charge in [0, 0.05) is 24.4 Å². The molecule has 2 amide bonds. The van der Waals surface area contributed by atoms with Crippen molar-refractivity contribution < 1.29 is 18.0 Å². The summed E-state index contributed by atoms with van der Waals surface area (Å²) in [4.78, 5) is 11.7. The Morgan fingerprint density at radius 1 is 1.00 bits per heavy atom. The largest absolute Gasteiger partial charge is 0.326 e. The lowest BCUT2D eigenvalue weighted by Gasteiger charge is -2.09. The zero-order valence-electron chi connectivity index (χ0n) is 10.8. The lowest BCUT2D eigenvalue weighted by molar-refractivity contribution is 0.262. The van der Waals surface area contributed by atoms with Crippen molar-refractivity contribution in [2.24, 2.45) is 5.73 Å². The van der Waals surface area contributed by atoms with E-state index in [0.717, 1.165) is 5.56 Å². The van der Waals surface area contributed by atoms with E-state index >= 15 is 0 Å². The number of halogens is 3. The van der Waals surface area contributed by atoms with E-state index in [-0.39, 0.29) is 0 Å². The third kappa shape index (κ3) is 3.73. The van der Waals surface area contributed by atoms with Crippen molar-refractivity contribution in [1.29, 1.82) is 0 Å². The van der Waals surface area contributed by atoms with Crippen LogP contribution in [0.15, 0.2) is 36.4 Å². The minimum absolute atomic E-state index is 0.301. The van der Waals surface area contributed by atoms with Crippen molar-refractivity contribution in [3.63, 3.8) is 0 Å². The predicted octanol–water partition coefficient (Wildman–Crippen LogP) is 3.21. The Labute approximate surface area is 118 Å². The lowest BCUT2D eigenvalue weighted by Crippen LogP contribution is -2.20. The maximum Gasteiger partial charge on any atom is 0.323 e. The van der Waals surface area contributed by atoms with Gasteiger partial charge in [0.15, 0.2) is 11.6 Å². The number of amides is 2. The van der Waals surface area contributed by atoms with E-state index in [1.807, 2.05) is 0 Å². The van der Waals surface area contributed by atoms with E-state index in [0.29, 0.717) is 24.4 Å². The van der Waals surface area contributed by atoms with Crippen LogP contribution in [-0.2, 0) is 6.54 Å². The molecular weight excluding hydrogens is 283 g/mol. The third-order valence-corrected chi connectivity index (χ3v) is 2.68. The molecule has 2 aromatic carbocycles. The Kier molecular flexibility index (Phi) is 4.44. The first kappa shape index (κ1) is 14.9. The molecule has 2 aromatic rings. The quantitative estimate of drug-likeness (QED) is 0.761. The van der Waals surface area contributed by atoms with Gasteiger partial charge in [0.25, 0.3) is 0 Å². The molecule has 0 unspecified atom stereocenters. The molecule has 0 saturated heterocycles. The van der Waals surface area contributed by atoms with Crippen molar-refractivity contribution in [1.82, 2.24) is 0 Å². The Bertz CT molecular complexity index is 677. The number of hydrogen-bond acceptors (Lipinski definition) is 2. The number of nitrogens with one attached hydrogen (secondary N) is 2. The van der Waals surface area contributed by atoms with Crippen LogP contribution in [0, 0.1) is 17.5 Å². The number of nitrogens with two attached hydrogens (primary N) is 1. The van der Waals surface area contributed by atoms with Crippen LogP contribution in [0.3, 0.4) is 0 Å². The van der Waals surface area contributed by atoms with E-state index < -0.39 is 29.2 Å². The van der Waals surface area contributed by atoms with E-state index in [2.05, 4.69) is 10.6 Å². The molecule has 0 aliphatic rings. The molecule has 0 saturated carbocycles. The Morgan fingerprint density at radius 2 is 1.71 bits per heavy atom. The highest BCUT2D eigenvalue weighted by Gasteiger charge is 2.12. The summed E-state index contributed by atoms with van der Waals surface area (Å²) in [5.74, 6) is -3.65. The summed E-state index contributed by atoms with van der Waals surface area (Å²) >= 11 is 0. The highest BCUT2D eigenvalue weighted by atomic mass is 19.2. The summed E-state index contributed by atoms with van der Waals surface area (Å²) in [5, 5.41) is 4.54. The molecular formula is C14H12F3N3O. The van der Waals surface area contributed by atoms with Crippen LogP contribution in [-0.4, -0.2) is 6.03 Å². The highest BCUT2D eigenvalue weighted by molar-refractivity contribution is 5.99. The molecule has 21 heavy (non-hydrogen) atoms. The smallest absolute Gasteiger partial charge is 0.323 e. The van der Waals surface area contributed by atoms with Crippen molar-refractivity contribution in [3.8, 4) is 0 Å². The molecule has 7 heteroatoms. The molecule has 0 fully saturated rings. The fourth-order valence-corrected chi connectivity index (χ4v) is 1.68. The second-order valence-electron chi connectivity index (χ2n) is 4.23. The molecule has 4 N–H and O–H groups in total. The van der Waals surface area contributed by atoms with Gasteiger partial charge in [-0.1, -0.05) is 12.1 Å². The summed E-state index contributed by atoms with van der Waals surface area (Å²) in [7, 11) is 0. The Hall–Kier alpha value is -2.54. The lowest BCUT2D eigenvalue weighted by atomic mass is 10.2. The van der Waals surface area contributed by atoms with Crippen molar-refractivity contribution in [2.75, 3.05) is 10.6 Å². The maximum absolute atomic E-state index is 13.4. The fourth-order valence-electron chi connectivity index (χ4n) is 1.68. The van der Waals surface area contributed by atoms with E-state index in [9.17, 15) is 18.0 Å². The number of rotatable bonds is 3. The molecule has 0 aliphatic heterocycles. The highest BCUT2D eigenvalue weighted by Crippen LogP contribution is 2.19. The predicted molar refractivity (Wildman–Crippen MR) is 73.3 cm³/mol.